The van der Waals surface area contributed by atoms with Gasteiger partial charge in [0.05, 0.1) is 0 Å². The molecule has 4 aliphatic carbocycles. The summed E-state index contributed by atoms with van der Waals surface area (Å²) >= 11 is 0. The molecule has 41 heavy (non-hydrogen) atoms. The maximum absolute atomic E-state index is 12.8. The molecule has 2 fully saturated rings. The van der Waals surface area contributed by atoms with Gasteiger partial charge < -0.3 is 14.6 Å². The van der Waals surface area contributed by atoms with Gasteiger partial charge in [0.15, 0.2) is 5.78 Å². The van der Waals surface area contributed by atoms with Gasteiger partial charge in [-0.05, 0) is 84.8 Å². The molecule has 0 aromatic carbocycles. The first-order chi connectivity index (χ1) is 18.9. The molecule has 0 amide bonds. The predicted molar refractivity (Wildman–Crippen MR) is 156 cm³/mol. The number of allylic oxidation sites excluding steroid dienone is 4. The van der Waals surface area contributed by atoms with Crippen molar-refractivity contribution in [1.29, 1.82) is 0 Å². The highest BCUT2D eigenvalue weighted by atomic mass is 16.5. The number of aliphatic carboxylic acids is 1. The van der Waals surface area contributed by atoms with Crippen LogP contribution in [0.2, 0.25) is 0 Å². The lowest BCUT2D eigenvalue weighted by Crippen LogP contribution is -2.56. The van der Waals surface area contributed by atoms with Gasteiger partial charge >= 0.3 is 17.9 Å². The summed E-state index contributed by atoms with van der Waals surface area (Å²) in [7, 11) is 0. The van der Waals surface area contributed by atoms with Crippen molar-refractivity contribution in [3.05, 3.63) is 34.9 Å². The average Bonchev–Trinajstić information content (AvgIpc) is 3.07. The SMILES string of the molecule is CC(=O)OC1CCC2(C)C3=CCC4(C)C(C(C)CC(=O)C=C(C)C(=O)O)CC(OC(C)=O)C4(C)C3=CCC2C1(C)C. The Hall–Kier alpha value is -2.70. The summed E-state index contributed by atoms with van der Waals surface area (Å²) in [6, 6.07) is 0. The molecule has 4 rings (SSSR count). The monoisotopic (exact) mass is 568 g/mol. The standard InChI is InChI=1S/C34H48O7/c1-19(16-23(37)17-20(2)30(38)39)26-18-29(41-22(4)36)34(9)25-10-11-27-31(5,6)28(40-21(3)35)13-14-32(27,7)24(25)12-15-33(26,34)8/h10,12,17,19,26-29H,11,13-16,18H2,1-9H3,(H,38,39). The first-order valence-corrected chi connectivity index (χ1v) is 15.1. The van der Waals surface area contributed by atoms with Crippen LogP contribution in [0.15, 0.2) is 34.9 Å². The summed E-state index contributed by atoms with van der Waals surface area (Å²) in [6.45, 7) is 17.8. The van der Waals surface area contributed by atoms with Crippen LogP contribution in [0.1, 0.15) is 101 Å². The molecule has 1 N–H and O–H groups in total. The number of esters is 2. The minimum atomic E-state index is -1.09. The van der Waals surface area contributed by atoms with Gasteiger partial charge in [0.2, 0.25) is 0 Å². The molecule has 8 unspecified atom stereocenters. The molecule has 0 aromatic rings. The fourth-order valence-electron chi connectivity index (χ4n) is 9.49. The molecular formula is C34H48O7. The van der Waals surface area contributed by atoms with E-state index in [0.29, 0.717) is 12.3 Å². The van der Waals surface area contributed by atoms with Crippen molar-refractivity contribution in [2.75, 3.05) is 0 Å². The van der Waals surface area contributed by atoms with Crippen LogP contribution >= 0.6 is 0 Å². The van der Waals surface area contributed by atoms with Gasteiger partial charge in [-0.25, -0.2) is 4.79 Å². The second kappa shape index (κ2) is 10.5. The molecule has 226 valence electrons. The highest BCUT2D eigenvalue weighted by Gasteiger charge is 2.67. The summed E-state index contributed by atoms with van der Waals surface area (Å²) in [5, 5.41) is 9.22. The van der Waals surface area contributed by atoms with Gasteiger partial charge in [0.25, 0.3) is 0 Å². The molecule has 7 heteroatoms. The lowest BCUT2D eigenvalue weighted by molar-refractivity contribution is -0.166. The van der Waals surface area contributed by atoms with Crippen LogP contribution in [0, 0.1) is 39.4 Å². The van der Waals surface area contributed by atoms with Crippen molar-refractivity contribution in [2.24, 2.45) is 39.4 Å². The predicted octanol–water partition coefficient (Wildman–Crippen LogP) is 6.61. The van der Waals surface area contributed by atoms with Crippen LogP contribution in [0.3, 0.4) is 0 Å². The first-order valence-electron chi connectivity index (χ1n) is 15.1. The molecule has 8 atom stereocenters. The number of hydrogen-bond donors (Lipinski definition) is 1. The van der Waals surface area contributed by atoms with E-state index in [4.69, 9.17) is 9.47 Å². The average molecular weight is 569 g/mol. The largest absolute Gasteiger partial charge is 0.478 e. The van der Waals surface area contributed by atoms with E-state index in [1.807, 2.05) is 0 Å². The molecule has 0 aromatic heterocycles. The Morgan fingerprint density at radius 3 is 2.17 bits per heavy atom. The van der Waals surface area contributed by atoms with Crippen molar-refractivity contribution < 1.29 is 33.8 Å². The minimum absolute atomic E-state index is 0.0224. The Kier molecular flexibility index (Phi) is 8.03. The normalized spacial score (nSPS) is 38.3. The number of rotatable bonds is 7. The Balaban J connectivity index is 1.74. The van der Waals surface area contributed by atoms with Gasteiger partial charge in [0, 0.05) is 36.7 Å². The van der Waals surface area contributed by atoms with Crippen molar-refractivity contribution in [3.8, 4) is 0 Å². The van der Waals surface area contributed by atoms with E-state index < -0.39 is 11.4 Å². The molecule has 0 aliphatic heterocycles. The number of carboxylic acid groups (broad SMARTS) is 1. The van der Waals surface area contributed by atoms with Gasteiger partial charge in [-0.3, -0.25) is 14.4 Å². The Morgan fingerprint density at radius 1 is 0.976 bits per heavy atom. The third kappa shape index (κ3) is 4.91. The summed E-state index contributed by atoms with van der Waals surface area (Å²) in [5.41, 5.74) is 1.63. The third-order valence-electron chi connectivity index (χ3n) is 11.8. The molecule has 0 spiro atoms. The van der Waals surface area contributed by atoms with E-state index in [0.717, 1.165) is 25.7 Å². The summed E-state index contributed by atoms with van der Waals surface area (Å²) in [5.74, 6) is -1.45. The second-order valence-corrected chi connectivity index (χ2v) is 14.4. The number of carbonyl (C=O) groups is 4. The molecule has 0 bridgehead atoms. The van der Waals surface area contributed by atoms with E-state index >= 15 is 0 Å². The van der Waals surface area contributed by atoms with Gasteiger partial charge in [-0.1, -0.05) is 53.7 Å². The zero-order chi connectivity index (χ0) is 30.7. The zero-order valence-corrected chi connectivity index (χ0v) is 26.3. The van der Waals surface area contributed by atoms with Crippen LogP contribution in [0.4, 0.5) is 0 Å². The molecule has 2 saturated carbocycles. The van der Waals surface area contributed by atoms with E-state index in [1.165, 1.54) is 38.0 Å². The van der Waals surface area contributed by atoms with Crippen molar-refractivity contribution in [2.45, 2.75) is 113 Å². The molecule has 7 nitrogen and oxygen atoms in total. The number of carbonyl (C=O) groups excluding carboxylic acids is 3. The molecule has 0 heterocycles. The fourth-order valence-corrected chi connectivity index (χ4v) is 9.49. The van der Waals surface area contributed by atoms with E-state index in [2.05, 4.69) is 53.7 Å². The third-order valence-corrected chi connectivity index (χ3v) is 11.8. The number of ether oxygens (including phenoxy) is 2. The number of hydrogen-bond acceptors (Lipinski definition) is 6. The summed E-state index contributed by atoms with van der Waals surface area (Å²) < 4.78 is 11.9. The molecule has 0 radical (unpaired) electrons. The lowest BCUT2D eigenvalue weighted by Gasteiger charge is -2.61. The quantitative estimate of drug-likeness (QED) is 0.272. The maximum atomic E-state index is 12.8. The van der Waals surface area contributed by atoms with Crippen molar-refractivity contribution in [1.82, 2.24) is 0 Å². The molecular weight excluding hydrogens is 520 g/mol. The van der Waals surface area contributed by atoms with Crippen molar-refractivity contribution in [3.63, 3.8) is 0 Å². The van der Waals surface area contributed by atoms with Crippen LogP contribution < -0.4 is 0 Å². The summed E-state index contributed by atoms with van der Waals surface area (Å²) in [4.78, 5) is 48.4. The van der Waals surface area contributed by atoms with Gasteiger partial charge in [-0.2, -0.15) is 0 Å². The highest BCUT2D eigenvalue weighted by molar-refractivity contribution is 5.98. The Labute approximate surface area is 244 Å². The number of ketones is 1. The van der Waals surface area contributed by atoms with Crippen LogP contribution in [-0.2, 0) is 28.7 Å². The Bertz CT molecular complexity index is 1240. The molecule has 4 aliphatic rings. The van der Waals surface area contributed by atoms with E-state index in [1.54, 1.807) is 0 Å². The minimum Gasteiger partial charge on any atom is -0.478 e. The maximum Gasteiger partial charge on any atom is 0.331 e. The highest BCUT2D eigenvalue weighted by Crippen LogP contribution is 2.72. The molecule has 0 saturated heterocycles. The van der Waals surface area contributed by atoms with Crippen molar-refractivity contribution >= 4 is 23.7 Å². The van der Waals surface area contributed by atoms with Gasteiger partial charge in [0.1, 0.15) is 12.2 Å². The lowest BCUT2D eigenvalue weighted by atomic mass is 9.44. The fraction of sp³-hybridized carbons (Fsp3) is 0.706. The Morgan fingerprint density at radius 2 is 1.59 bits per heavy atom. The smallest absolute Gasteiger partial charge is 0.331 e. The van der Waals surface area contributed by atoms with E-state index in [-0.39, 0.29) is 70.0 Å². The van der Waals surface area contributed by atoms with Crippen LogP contribution in [0.5, 0.6) is 0 Å². The topological polar surface area (TPSA) is 107 Å². The van der Waals surface area contributed by atoms with E-state index in [9.17, 15) is 24.3 Å². The van der Waals surface area contributed by atoms with Crippen LogP contribution in [0.25, 0.3) is 0 Å². The second-order valence-electron chi connectivity index (χ2n) is 14.4. The number of fused-ring (bicyclic) bond motifs is 5. The zero-order valence-electron chi connectivity index (χ0n) is 26.3. The number of carboxylic acids is 1. The first kappa shape index (κ1) is 31.2. The van der Waals surface area contributed by atoms with Gasteiger partial charge in [-0.15, -0.1) is 0 Å². The summed E-state index contributed by atoms with van der Waals surface area (Å²) in [6.07, 6.45) is 9.82. The van der Waals surface area contributed by atoms with Crippen LogP contribution in [-0.4, -0.2) is 41.0 Å².